The highest BCUT2D eigenvalue weighted by Crippen LogP contribution is 2.25. The van der Waals surface area contributed by atoms with Crippen LogP contribution in [0.1, 0.15) is 24.2 Å². The molecular weight excluding hydrogens is 370 g/mol. The number of amides is 2. The average molecular weight is 391 g/mol. The second-order valence-electron chi connectivity index (χ2n) is 6.27. The van der Waals surface area contributed by atoms with Crippen molar-refractivity contribution in [3.8, 4) is 0 Å². The maximum Gasteiger partial charge on any atom is 0.340 e. The minimum Gasteiger partial charge on any atom is -0.462 e. The van der Waals surface area contributed by atoms with Crippen LogP contribution < -0.4 is 10.2 Å². The number of nitrogens with one attached hydrogen (secondary N) is 1. The fraction of sp³-hybridized carbons (Fsp3) is 0.182. The van der Waals surface area contributed by atoms with E-state index in [1.54, 1.807) is 43.5 Å². The number of nitrogens with zero attached hydrogens (tertiary/aromatic N) is 2. The molecular formula is C22H21N3O4. The van der Waals surface area contributed by atoms with E-state index >= 15 is 0 Å². The molecule has 0 bridgehead atoms. The molecule has 2 aromatic carbocycles. The molecule has 0 atom stereocenters. The highest BCUT2D eigenvalue weighted by atomic mass is 16.5. The summed E-state index contributed by atoms with van der Waals surface area (Å²) in [7, 11) is 0. The van der Waals surface area contributed by atoms with Gasteiger partial charge in [0.1, 0.15) is 6.54 Å². The van der Waals surface area contributed by atoms with Gasteiger partial charge in [-0.2, -0.15) is 0 Å². The predicted octanol–water partition coefficient (Wildman–Crippen LogP) is 3.40. The fourth-order valence-corrected chi connectivity index (χ4v) is 2.98. The number of anilines is 2. The zero-order chi connectivity index (χ0) is 20.8. The third-order valence-corrected chi connectivity index (χ3v) is 4.28. The van der Waals surface area contributed by atoms with E-state index < -0.39 is 11.9 Å². The largest absolute Gasteiger partial charge is 0.462 e. The van der Waals surface area contributed by atoms with Crippen LogP contribution >= 0.6 is 0 Å². The van der Waals surface area contributed by atoms with Gasteiger partial charge >= 0.3 is 5.97 Å². The molecule has 0 spiro atoms. The molecule has 0 saturated heterocycles. The van der Waals surface area contributed by atoms with E-state index in [4.69, 9.17) is 4.74 Å². The Morgan fingerprint density at radius 1 is 1.03 bits per heavy atom. The summed E-state index contributed by atoms with van der Waals surface area (Å²) in [6.07, 6.45) is 1.64. The lowest BCUT2D eigenvalue weighted by atomic mass is 10.1. The van der Waals surface area contributed by atoms with Gasteiger partial charge in [-0.25, -0.2) is 4.79 Å². The molecule has 0 saturated carbocycles. The SMILES string of the molecule is CCOC(=O)c1ccccc1NC(=O)CN(C(C)=O)c1cccc2cccnc12. The Bertz CT molecular complexity index is 1060. The molecule has 7 nitrogen and oxygen atoms in total. The van der Waals surface area contributed by atoms with Crippen molar-refractivity contribution in [1.29, 1.82) is 0 Å². The van der Waals surface area contributed by atoms with Crippen LogP contribution in [-0.2, 0) is 14.3 Å². The summed E-state index contributed by atoms with van der Waals surface area (Å²) < 4.78 is 5.02. The normalized spacial score (nSPS) is 10.4. The summed E-state index contributed by atoms with van der Waals surface area (Å²) in [5, 5.41) is 3.56. The lowest BCUT2D eigenvalue weighted by Crippen LogP contribution is -2.37. The van der Waals surface area contributed by atoms with Crippen molar-refractivity contribution in [1.82, 2.24) is 4.98 Å². The summed E-state index contributed by atoms with van der Waals surface area (Å²) in [4.78, 5) is 42.8. The molecule has 2 amide bonds. The molecule has 3 aromatic rings. The van der Waals surface area contributed by atoms with Crippen LogP contribution in [0.15, 0.2) is 60.8 Å². The third kappa shape index (κ3) is 4.57. The Morgan fingerprint density at radius 3 is 2.55 bits per heavy atom. The molecule has 7 heteroatoms. The van der Waals surface area contributed by atoms with Gasteiger partial charge in [0, 0.05) is 18.5 Å². The smallest absolute Gasteiger partial charge is 0.340 e. The Hall–Kier alpha value is -3.74. The number of benzene rings is 2. The molecule has 0 radical (unpaired) electrons. The summed E-state index contributed by atoms with van der Waals surface area (Å²) in [5.41, 5.74) is 1.76. The molecule has 1 N–H and O–H groups in total. The number of ether oxygens (including phenoxy) is 1. The maximum atomic E-state index is 12.7. The van der Waals surface area contributed by atoms with E-state index in [1.807, 2.05) is 24.3 Å². The quantitative estimate of drug-likeness (QED) is 0.651. The molecule has 0 fully saturated rings. The fourth-order valence-electron chi connectivity index (χ4n) is 2.98. The standard InChI is InChI=1S/C22H21N3O4/c1-3-29-22(28)17-10-4-5-11-18(17)24-20(27)14-25(15(2)26)19-12-6-8-16-9-7-13-23-21(16)19/h4-13H,3,14H2,1-2H3,(H,24,27). The van der Waals surface area contributed by atoms with E-state index in [-0.39, 0.29) is 24.6 Å². The van der Waals surface area contributed by atoms with Crippen molar-refractivity contribution in [3.63, 3.8) is 0 Å². The van der Waals surface area contributed by atoms with Gasteiger partial charge in [0.2, 0.25) is 11.8 Å². The lowest BCUT2D eigenvalue weighted by molar-refractivity contribution is -0.120. The Kier molecular flexibility index (Phi) is 6.19. The summed E-state index contributed by atoms with van der Waals surface area (Å²) >= 11 is 0. The number of aromatic nitrogens is 1. The third-order valence-electron chi connectivity index (χ3n) is 4.28. The first-order valence-corrected chi connectivity index (χ1v) is 9.19. The van der Waals surface area contributed by atoms with Crippen molar-refractivity contribution in [2.24, 2.45) is 0 Å². The first-order valence-electron chi connectivity index (χ1n) is 9.19. The number of para-hydroxylation sites is 2. The highest BCUT2D eigenvalue weighted by Gasteiger charge is 2.20. The van der Waals surface area contributed by atoms with Gasteiger partial charge in [-0.15, -0.1) is 0 Å². The second-order valence-corrected chi connectivity index (χ2v) is 6.27. The summed E-state index contributed by atoms with van der Waals surface area (Å²) in [6.45, 7) is 3.11. The zero-order valence-electron chi connectivity index (χ0n) is 16.2. The van der Waals surface area contributed by atoms with Crippen molar-refractivity contribution in [3.05, 3.63) is 66.4 Å². The van der Waals surface area contributed by atoms with Crippen LogP contribution in [0.3, 0.4) is 0 Å². The first-order chi connectivity index (χ1) is 14.0. The molecule has 0 unspecified atom stereocenters. The van der Waals surface area contributed by atoms with Crippen LogP contribution in [0.2, 0.25) is 0 Å². The van der Waals surface area contributed by atoms with Crippen LogP contribution in [0.5, 0.6) is 0 Å². The van der Waals surface area contributed by atoms with Gasteiger partial charge in [0.05, 0.1) is 29.1 Å². The second kappa shape index (κ2) is 8.97. The molecule has 1 heterocycles. The lowest BCUT2D eigenvalue weighted by Gasteiger charge is -2.22. The summed E-state index contributed by atoms with van der Waals surface area (Å²) in [6, 6.07) is 15.7. The minimum absolute atomic E-state index is 0.220. The van der Waals surface area contributed by atoms with E-state index in [0.29, 0.717) is 16.9 Å². The molecule has 29 heavy (non-hydrogen) atoms. The molecule has 0 aliphatic carbocycles. The molecule has 148 valence electrons. The van der Waals surface area contributed by atoms with Crippen molar-refractivity contribution in [2.45, 2.75) is 13.8 Å². The summed E-state index contributed by atoms with van der Waals surface area (Å²) in [5.74, 6) is -1.26. The predicted molar refractivity (Wildman–Crippen MR) is 111 cm³/mol. The Morgan fingerprint density at radius 2 is 1.79 bits per heavy atom. The van der Waals surface area contributed by atoms with Crippen LogP contribution in [-0.4, -0.2) is 35.9 Å². The van der Waals surface area contributed by atoms with Gasteiger partial charge in [0.15, 0.2) is 0 Å². The van der Waals surface area contributed by atoms with Crippen LogP contribution in [0.25, 0.3) is 10.9 Å². The van der Waals surface area contributed by atoms with Crippen molar-refractivity contribution in [2.75, 3.05) is 23.4 Å². The van der Waals surface area contributed by atoms with E-state index in [0.717, 1.165) is 5.39 Å². The number of carbonyl (C=O) groups excluding carboxylic acids is 3. The number of fused-ring (bicyclic) bond motifs is 1. The average Bonchev–Trinajstić information content (AvgIpc) is 2.72. The van der Waals surface area contributed by atoms with Crippen LogP contribution in [0.4, 0.5) is 11.4 Å². The number of pyridine rings is 1. The monoisotopic (exact) mass is 391 g/mol. The van der Waals surface area contributed by atoms with Gasteiger partial charge in [-0.3, -0.25) is 14.6 Å². The van der Waals surface area contributed by atoms with Gasteiger partial charge in [-0.1, -0.05) is 30.3 Å². The highest BCUT2D eigenvalue weighted by molar-refractivity contribution is 6.08. The molecule has 0 aliphatic heterocycles. The van der Waals surface area contributed by atoms with Gasteiger partial charge < -0.3 is 15.0 Å². The maximum absolute atomic E-state index is 12.7. The van der Waals surface area contributed by atoms with Crippen molar-refractivity contribution >= 4 is 40.1 Å². The molecule has 3 rings (SSSR count). The number of rotatable bonds is 6. The van der Waals surface area contributed by atoms with E-state index in [9.17, 15) is 14.4 Å². The van der Waals surface area contributed by atoms with Gasteiger partial charge in [0.25, 0.3) is 0 Å². The first kappa shape index (κ1) is 20.0. The minimum atomic E-state index is -0.523. The van der Waals surface area contributed by atoms with Crippen molar-refractivity contribution < 1.29 is 19.1 Å². The number of carbonyl (C=O) groups is 3. The number of hydrogen-bond acceptors (Lipinski definition) is 5. The van der Waals surface area contributed by atoms with Gasteiger partial charge in [-0.05, 0) is 31.2 Å². The Balaban J connectivity index is 1.85. The topological polar surface area (TPSA) is 88.6 Å². The van der Waals surface area contributed by atoms with Crippen LogP contribution in [0, 0.1) is 0 Å². The Labute approximate surface area is 168 Å². The number of hydrogen-bond donors (Lipinski definition) is 1. The zero-order valence-corrected chi connectivity index (χ0v) is 16.2. The van der Waals surface area contributed by atoms with E-state index in [2.05, 4.69) is 10.3 Å². The molecule has 0 aliphatic rings. The molecule has 1 aromatic heterocycles. The van der Waals surface area contributed by atoms with E-state index in [1.165, 1.54) is 11.8 Å². The number of esters is 1.